The maximum Gasteiger partial charge on any atom is 0.341 e. The molecule has 1 aliphatic rings. The summed E-state index contributed by atoms with van der Waals surface area (Å²) in [6.45, 7) is 0.126. The molecule has 1 aromatic heterocycles. The van der Waals surface area contributed by atoms with Gasteiger partial charge in [-0.25, -0.2) is 4.79 Å². The molecule has 7 heteroatoms. The lowest BCUT2D eigenvalue weighted by atomic mass is 10.1. The maximum absolute atomic E-state index is 12.2. The standard InChI is InChI=1S/C17H18N2O5/c20-15(21)10-23-13-5-1-11(2-6-13)7-8-18-17(22)14-9-24-19-16(14)12-3-4-12/h1-2,5-6,9,12H,3-4,7-8,10H2,(H,18,22)(H,20,21). The summed E-state index contributed by atoms with van der Waals surface area (Å²) in [7, 11) is 0. The van der Waals surface area contributed by atoms with Crippen molar-refractivity contribution in [2.45, 2.75) is 25.2 Å². The molecule has 1 amide bonds. The average molecular weight is 330 g/mol. The number of aromatic nitrogens is 1. The van der Waals surface area contributed by atoms with E-state index < -0.39 is 5.97 Å². The molecule has 1 fully saturated rings. The van der Waals surface area contributed by atoms with E-state index in [0.717, 1.165) is 24.1 Å². The zero-order valence-corrected chi connectivity index (χ0v) is 13.0. The number of carbonyl (C=O) groups is 2. The Morgan fingerprint density at radius 2 is 2.04 bits per heavy atom. The molecule has 0 bridgehead atoms. The topological polar surface area (TPSA) is 102 Å². The molecule has 1 aromatic carbocycles. The van der Waals surface area contributed by atoms with Crippen LogP contribution in [-0.4, -0.2) is 35.3 Å². The summed E-state index contributed by atoms with van der Waals surface area (Å²) in [5.41, 5.74) is 2.30. The first-order valence-electron chi connectivity index (χ1n) is 7.79. The number of nitrogens with zero attached hydrogens (tertiary/aromatic N) is 1. The van der Waals surface area contributed by atoms with E-state index in [1.165, 1.54) is 6.26 Å². The SMILES string of the molecule is O=C(O)COc1ccc(CCNC(=O)c2conc2C2CC2)cc1. The van der Waals surface area contributed by atoms with Crippen molar-refractivity contribution in [3.8, 4) is 5.75 Å². The predicted octanol–water partition coefficient (Wildman–Crippen LogP) is 1.99. The minimum absolute atomic E-state index is 0.167. The molecule has 7 nitrogen and oxygen atoms in total. The fourth-order valence-corrected chi connectivity index (χ4v) is 2.38. The quantitative estimate of drug-likeness (QED) is 0.767. The molecule has 0 unspecified atom stereocenters. The summed E-state index contributed by atoms with van der Waals surface area (Å²) in [4.78, 5) is 22.6. The van der Waals surface area contributed by atoms with Crippen LogP contribution in [0.15, 0.2) is 35.1 Å². The van der Waals surface area contributed by atoms with E-state index in [2.05, 4.69) is 10.5 Å². The number of carbonyl (C=O) groups excluding carboxylic acids is 1. The molecule has 0 aliphatic heterocycles. The van der Waals surface area contributed by atoms with Gasteiger partial charge in [-0.05, 0) is 37.0 Å². The van der Waals surface area contributed by atoms with Crippen LogP contribution >= 0.6 is 0 Å². The fraction of sp³-hybridized carbons (Fsp3) is 0.353. The number of amides is 1. The van der Waals surface area contributed by atoms with Crippen molar-refractivity contribution in [2.24, 2.45) is 0 Å². The highest BCUT2D eigenvalue weighted by Gasteiger charge is 2.31. The summed E-state index contributed by atoms with van der Waals surface area (Å²) in [6, 6.07) is 7.12. The zero-order valence-electron chi connectivity index (χ0n) is 13.0. The number of benzene rings is 1. The fourth-order valence-electron chi connectivity index (χ4n) is 2.38. The van der Waals surface area contributed by atoms with E-state index in [0.29, 0.717) is 30.2 Å². The molecule has 0 spiro atoms. The van der Waals surface area contributed by atoms with Crippen molar-refractivity contribution in [3.63, 3.8) is 0 Å². The summed E-state index contributed by atoms with van der Waals surface area (Å²) >= 11 is 0. The highest BCUT2D eigenvalue weighted by atomic mass is 16.5. The molecule has 0 atom stereocenters. The van der Waals surface area contributed by atoms with E-state index in [1.807, 2.05) is 12.1 Å². The van der Waals surface area contributed by atoms with E-state index in [4.69, 9.17) is 14.4 Å². The second-order valence-corrected chi connectivity index (χ2v) is 5.72. The number of carboxylic acid groups (broad SMARTS) is 1. The molecule has 0 saturated heterocycles. The Bertz CT molecular complexity index is 719. The monoisotopic (exact) mass is 330 g/mol. The van der Waals surface area contributed by atoms with E-state index in [-0.39, 0.29) is 12.5 Å². The first-order valence-corrected chi connectivity index (χ1v) is 7.79. The molecule has 0 radical (unpaired) electrons. The Morgan fingerprint density at radius 1 is 1.29 bits per heavy atom. The van der Waals surface area contributed by atoms with Gasteiger partial charge in [0.15, 0.2) is 6.61 Å². The lowest BCUT2D eigenvalue weighted by Crippen LogP contribution is -2.26. The Morgan fingerprint density at radius 3 is 2.71 bits per heavy atom. The Balaban J connectivity index is 1.46. The van der Waals surface area contributed by atoms with Gasteiger partial charge in [-0.15, -0.1) is 0 Å². The molecule has 2 aromatic rings. The molecule has 1 aliphatic carbocycles. The first-order chi connectivity index (χ1) is 11.6. The molecule has 2 N–H and O–H groups in total. The number of carboxylic acids is 1. The van der Waals surface area contributed by atoms with E-state index in [1.54, 1.807) is 12.1 Å². The molecular weight excluding hydrogens is 312 g/mol. The van der Waals surface area contributed by atoms with Crippen molar-refractivity contribution >= 4 is 11.9 Å². The number of nitrogens with one attached hydrogen (secondary N) is 1. The van der Waals surface area contributed by atoms with Gasteiger partial charge in [0.1, 0.15) is 17.6 Å². The number of hydrogen-bond donors (Lipinski definition) is 2. The van der Waals surface area contributed by atoms with Crippen LogP contribution < -0.4 is 10.1 Å². The van der Waals surface area contributed by atoms with Crippen LogP contribution in [0.1, 0.15) is 40.4 Å². The molecular formula is C17H18N2O5. The molecule has 126 valence electrons. The average Bonchev–Trinajstić information content (AvgIpc) is 3.30. The van der Waals surface area contributed by atoms with Crippen molar-refractivity contribution < 1.29 is 24.0 Å². The van der Waals surface area contributed by atoms with Gasteiger partial charge in [0, 0.05) is 12.5 Å². The van der Waals surface area contributed by atoms with E-state index in [9.17, 15) is 9.59 Å². The summed E-state index contributed by atoms with van der Waals surface area (Å²) in [5.74, 6) is -0.313. The largest absolute Gasteiger partial charge is 0.482 e. The maximum atomic E-state index is 12.2. The smallest absolute Gasteiger partial charge is 0.341 e. The first kappa shape index (κ1) is 16.0. The normalized spacial score (nSPS) is 13.5. The molecule has 3 rings (SSSR count). The Kier molecular flexibility index (Phi) is 4.79. The lowest BCUT2D eigenvalue weighted by molar-refractivity contribution is -0.139. The van der Waals surface area contributed by atoms with Gasteiger partial charge < -0.3 is 19.7 Å². The predicted molar refractivity (Wildman–Crippen MR) is 84.1 cm³/mol. The molecule has 1 heterocycles. The van der Waals surface area contributed by atoms with Gasteiger partial charge in [-0.3, -0.25) is 4.79 Å². The molecule has 1 saturated carbocycles. The number of hydrogen-bond acceptors (Lipinski definition) is 5. The summed E-state index contributed by atoms with van der Waals surface area (Å²) < 4.78 is 9.99. The Labute approximate surface area is 138 Å². The number of ether oxygens (including phenoxy) is 1. The van der Waals surface area contributed by atoms with Crippen LogP contribution in [0, 0.1) is 0 Å². The van der Waals surface area contributed by atoms with Gasteiger partial charge in [-0.1, -0.05) is 17.3 Å². The van der Waals surface area contributed by atoms with Gasteiger partial charge in [0.2, 0.25) is 0 Å². The molecule has 24 heavy (non-hydrogen) atoms. The summed E-state index contributed by atoms with van der Waals surface area (Å²) in [5, 5.41) is 15.3. The van der Waals surface area contributed by atoms with E-state index >= 15 is 0 Å². The zero-order chi connectivity index (χ0) is 16.9. The van der Waals surface area contributed by atoms with Gasteiger partial charge >= 0.3 is 5.97 Å². The van der Waals surface area contributed by atoms with Crippen LogP contribution in [0.2, 0.25) is 0 Å². The van der Waals surface area contributed by atoms with Crippen LogP contribution in [0.5, 0.6) is 5.75 Å². The van der Waals surface area contributed by atoms with Crippen molar-refractivity contribution in [2.75, 3.05) is 13.2 Å². The van der Waals surface area contributed by atoms with Crippen LogP contribution in [0.3, 0.4) is 0 Å². The highest BCUT2D eigenvalue weighted by molar-refractivity contribution is 5.95. The lowest BCUT2D eigenvalue weighted by Gasteiger charge is -2.06. The second kappa shape index (κ2) is 7.16. The number of rotatable bonds is 8. The third-order valence-electron chi connectivity index (χ3n) is 3.79. The van der Waals surface area contributed by atoms with Crippen LogP contribution in [0.25, 0.3) is 0 Å². The third-order valence-corrected chi connectivity index (χ3v) is 3.79. The van der Waals surface area contributed by atoms with Gasteiger partial charge in [0.05, 0.1) is 5.69 Å². The van der Waals surface area contributed by atoms with Crippen molar-refractivity contribution in [1.82, 2.24) is 10.5 Å². The van der Waals surface area contributed by atoms with Gasteiger partial charge in [0.25, 0.3) is 5.91 Å². The summed E-state index contributed by atoms with van der Waals surface area (Å²) in [6.07, 6.45) is 4.18. The minimum Gasteiger partial charge on any atom is -0.482 e. The van der Waals surface area contributed by atoms with Crippen molar-refractivity contribution in [1.29, 1.82) is 0 Å². The van der Waals surface area contributed by atoms with Crippen LogP contribution in [0.4, 0.5) is 0 Å². The highest BCUT2D eigenvalue weighted by Crippen LogP contribution is 2.40. The Hall–Kier alpha value is -2.83. The second-order valence-electron chi connectivity index (χ2n) is 5.72. The van der Waals surface area contributed by atoms with Gasteiger partial charge in [-0.2, -0.15) is 0 Å². The van der Waals surface area contributed by atoms with Crippen molar-refractivity contribution in [3.05, 3.63) is 47.3 Å². The third kappa shape index (κ3) is 4.13. The minimum atomic E-state index is -1.01. The van der Waals surface area contributed by atoms with Crippen LogP contribution in [-0.2, 0) is 11.2 Å². The number of aliphatic carboxylic acids is 1.